The summed E-state index contributed by atoms with van der Waals surface area (Å²) in [6.07, 6.45) is 0.677. The highest BCUT2D eigenvalue weighted by atomic mass is 16.6. The lowest BCUT2D eigenvalue weighted by Crippen LogP contribution is -2.38. The molecule has 0 aliphatic carbocycles. The highest BCUT2D eigenvalue weighted by molar-refractivity contribution is 5.68. The van der Waals surface area contributed by atoms with Crippen LogP contribution in [0.4, 0.5) is 4.79 Å². The van der Waals surface area contributed by atoms with E-state index < -0.39 is 5.60 Å². The molecule has 22 heavy (non-hydrogen) atoms. The van der Waals surface area contributed by atoms with Crippen LogP contribution in [0.5, 0.6) is 0 Å². The van der Waals surface area contributed by atoms with Crippen LogP contribution in [0.25, 0.3) is 0 Å². The lowest BCUT2D eigenvalue weighted by atomic mass is 10.1. The molecular formula is C18H30N2O2. The number of amides is 1. The Morgan fingerprint density at radius 2 is 1.91 bits per heavy atom. The van der Waals surface area contributed by atoms with Crippen LogP contribution in [0.1, 0.15) is 52.6 Å². The summed E-state index contributed by atoms with van der Waals surface area (Å²) in [4.78, 5) is 13.8. The Morgan fingerprint density at radius 3 is 2.45 bits per heavy atom. The van der Waals surface area contributed by atoms with Crippen molar-refractivity contribution in [2.75, 3.05) is 19.6 Å². The zero-order valence-corrected chi connectivity index (χ0v) is 14.6. The van der Waals surface area contributed by atoms with Gasteiger partial charge < -0.3 is 15.0 Å². The van der Waals surface area contributed by atoms with Crippen molar-refractivity contribution in [3.05, 3.63) is 35.9 Å². The Labute approximate surface area is 134 Å². The molecule has 0 fully saturated rings. The largest absolute Gasteiger partial charge is 0.444 e. The molecule has 0 aliphatic heterocycles. The maximum atomic E-state index is 12.0. The molecule has 4 nitrogen and oxygen atoms in total. The number of hydrogen-bond acceptors (Lipinski definition) is 3. The van der Waals surface area contributed by atoms with Gasteiger partial charge >= 0.3 is 6.09 Å². The minimum Gasteiger partial charge on any atom is -0.444 e. The van der Waals surface area contributed by atoms with E-state index in [1.54, 1.807) is 4.90 Å². The second-order valence-corrected chi connectivity index (χ2v) is 6.50. The predicted molar refractivity (Wildman–Crippen MR) is 91.0 cm³/mol. The summed E-state index contributed by atoms with van der Waals surface area (Å²) in [6.45, 7) is 12.1. The molecule has 0 radical (unpaired) electrons. The zero-order chi connectivity index (χ0) is 16.6. The van der Waals surface area contributed by atoms with Crippen LogP contribution in [0.15, 0.2) is 30.3 Å². The van der Waals surface area contributed by atoms with Gasteiger partial charge in [0.15, 0.2) is 0 Å². The van der Waals surface area contributed by atoms with Crippen molar-refractivity contribution in [3.8, 4) is 0 Å². The Kier molecular flexibility index (Phi) is 7.39. The Bertz CT molecular complexity index is 440. The molecule has 4 heteroatoms. The topological polar surface area (TPSA) is 41.6 Å². The highest BCUT2D eigenvalue weighted by Gasteiger charge is 2.20. The second-order valence-electron chi connectivity index (χ2n) is 6.50. The molecule has 1 aromatic carbocycles. The van der Waals surface area contributed by atoms with Crippen molar-refractivity contribution in [1.82, 2.24) is 10.2 Å². The third kappa shape index (κ3) is 6.94. The van der Waals surface area contributed by atoms with Gasteiger partial charge in [0.25, 0.3) is 0 Å². The molecule has 0 saturated heterocycles. The fraction of sp³-hybridized carbons (Fsp3) is 0.611. The van der Waals surface area contributed by atoms with Gasteiger partial charge in [-0.1, -0.05) is 30.3 Å². The summed E-state index contributed by atoms with van der Waals surface area (Å²) in [5.41, 5.74) is 0.840. The monoisotopic (exact) mass is 306 g/mol. The van der Waals surface area contributed by atoms with Crippen LogP contribution >= 0.6 is 0 Å². The van der Waals surface area contributed by atoms with E-state index >= 15 is 0 Å². The maximum absolute atomic E-state index is 12.0. The standard InChI is InChI=1S/C18H30N2O2/c1-6-20(17(21)22-18(3,4)5)14-10-13-19-15(2)16-11-8-7-9-12-16/h7-9,11-12,15,19H,6,10,13-14H2,1-5H3. The molecule has 0 saturated carbocycles. The molecule has 0 aliphatic rings. The maximum Gasteiger partial charge on any atom is 0.410 e. The van der Waals surface area contributed by atoms with E-state index in [0.29, 0.717) is 19.1 Å². The van der Waals surface area contributed by atoms with Crippen molar-refractivity contribution >= 4 is 6.09 Å². The molecule has 0 aromatic heterocycles. The number of carbonyl (C=O) groups excluding carboxylic acids is 1. The number of hydrogen-bond donors (Lipinski definition) is 1. The Hall–Kier alpha value is -1.55. The Balaban J connectivity index is 2.31. The van der Waals surface area contributed by atoms with Crippen LogP contribution in [0.2, 0.25) is 0 Å². The van der Waals surface area contributed by atoms with E-state index in [2.05, 4.69) is 36.5 Å². The average molecular weight is 306 g/mol. The van der Waals surface area contributed by atoms with E-state index in [-0.39, 0.29) is 6.09 Å². The molecular weight excluding hydrogens is 276 g/mol. The van der Waals surface area contributed by atoms with Crippen molar-refractivity contribution in [1.29, 1.82) is 0 Å². The predicted octanol–water partition coefficient (Wildman–Crippen LogP) is 3.98. The van der Waals surface area contributed by atoms with E-state index in [1.807, 2.05) is 33.8 Å². The quantitative estimate of drug-likeness (QED) is 0.775. The van der Waals surface area contributed by atoms with Gasteiger partial charge in [-0.05, 0) is 53.1 Å². The fourth-order valence-corrected chi connectivity index (χ4v) is 2.15. The van der Waals surface area contributed by atoms with Crippen LogP contribution in [-0.4, -0.2) is 36.2 Å². The molecule has 1 unspecified atom stereocenters. The van der Waals surface area contributed by atoms with Crippen LogP contribution in [0.3, 0.4) is 0 Å². The van der Waals surface area contributed by atoms with Gasteiger partial charge in [0.2, 0.25) is 0 Å². The number of benzene rings is 1. The summed E-state index contributed by atoms with van der Waals surface area (Å²) in [5, 5.41) is 3.49. The third-order valence-corrected chi connectivity index (χ3v) is 3.39. The second kappa shape index (κ2) is 8.79. The van der Waals surface area contributed by atoms with Crippen molar-refractivity contribution in [3.63, 3.8) is 0 Å². The highest BCUT2D eigenvalue weighted by Crippen LogP contribution is 2.12. The smallest absolute Gasteiger partial charge is 0.410 e. The molecule has 0 spiro atoms. The summed E-state index contributed by atoms with van der Waals surface area (Å²) >= 11 is 0. The molecule has 1 amide bonds. The summed E-state index contributed by atoms with van der Waals surface area (Å²) in [5.74, 6) is 0. The molecule has 1 aromatic rings. The number of ether oxygens (including phenoxy) is 1. The van der Waals surface area contributed by atoms with Gasteiger partial charge in [-0.15, -0.1) is 0 Å². The van der Waals surface area contributed by atoms with E-state index in [4.69, 9.17) is 4.74 Å². The third-order valence-electron chi connectivity index (χ3n) is 3.39. The number of nitrogens with one attached hydrogen (secondary N) is 1. The first-order chi connectivity index (χ1) is 10.3. The van der Waals surface area contributed by atoms with Crippen molar-refractivity contribution in [2.24, 2.45) is 0 Å². The molecule has 1 N–H and O–H groups in total. The molecule has 1 atom stereocenters. The van der Waals surface area contributed by atoms with Crippen LogP contribution < -0.4 is 5.32 Å². The SMILES string of the molecule is CCN(CCCNC(C)c1ccccc1)C(=O)OC(C)(C)C. The van der Waals surface area contributed by atoms with Crippen molar-refractivity contribution in [2.45, 2.75) is 52.7 Å². The van der Waals surface area contributed by atoms with Crippen molar-refractivity contribution < 1.29 is 9.53 Å². The molecule has 0 heterocycles. The molecule has 0 bridgehead atoms. The van der Waals surface area contributed by atoms with E-state index in [0.717, 1.165) is 13.0 Å². The van der Waals surface area contributed by atoms with Gasteiger partial charge in [0.1, 0.15) is 5.60 Å². The molecule has 124 valence electrons. The summed E-state index contributed by atoms with van der Waals surface area (Å²) in [7, 11) is 0. The number of carbonyl (C=O) groups is 1. The molecule has 1 rings (SSSR count). The van der Waals surface area contributed by atoms with Crippen LogP contribution in [-0.2, 0) is 4.74 Å². The first-order valence-corrected chi connectivity index (χ1v) is 8.09. The van der Waals surface area contributed by atoms with Gasteiger partial charge in [-0.2, -0.15) is 0 Å². The van der Waals surface area contributed by atoms with Gasteiger partial charge in [0, 0.05) is 19.1 Å². The van der Waals surface area contributed by atoms with Gasteiger partial charge in [0.05, 0.1) is 0 Å². The Morgan fingerprint density at radius 1 is 1.27 bits per heavy atom. The lowest BCUT2D eigenvalue weighted by molar-refractivity contribution is 0.0258. The lowest BCUT2D eigenvalue weighted by Gasteiger charge is -2.26. The van der Waals surface area contributed by atoms with Gasteiger partial charge in [-0.25, -0.2) is 4.79 Å². The first-order valence-electron chi connectivity index (χ1n) is 8.09. The summed E-state index contributed by atoms with van der Waals surface area (Å²) < 4.78 is 5.40. The number of nitrogens with zero attached hydrogens (tertiary/aromatic N) is 1. The minimum absolute atomic E-state index is 0.230. The van der Waals surface area contributed by atoms with Crippen LogP contribution in [0, 0.1) is 0 Å². The minimum atomic E-state index is -0.440. The van der Waals surface area contributed by atoms with E-state index in [9.17, 15) is 4.79 Å². The summed E-state index contributed by atoms with van der Waals surface area (Å²) in [6, 6.07) is 10.7. The normalized spacial score (nSPS) is 12.8. The average Bonchev–Trinajstić information content (AvgIpc) is 2.46. The zero-order valence-electron chi connectivity index (χ0n) is 14.6. The van der Waals surface area contributed by atoms with E-state index in [1.165, 1.54) is 5.56 Å². The van der Waals surface area contributed by atoms with Gasteiger partial charge in [-0.3, -0.25) is 0 Å². The number of rotatable bonds is 7. The fourth-order valence-electron chi connectivity index (χ4n) is 2.15. The first kappa shape index (κ1) is 18.5.